The number of hydrogen-bond donors (Lipinski definition) is 1. The molecule has 1 aromatic rings. The fraction of sp³-hybridized carbons (Fsp3) is 0.500. The highest BCUT2D eigenvalue weighted by atomic mass is 19.4. The number of aromatic nitrogens is 2. The van der Waals surface area contributed by atoms with Gasteiger partial charge in [0, 0.05) is 0 Å². The van der Waals surface area contributed by atoms with Crippen LogP contribution in [0.3, 0.4) is 0 Å². The van der Waals surface area contributed by atoms with Crippen molar-refractivity contribution in [2.24, 2.45) is 0 Å². The largest absolute Gasteiger partial charge is 0.454 e. The van der Waals surface area contributed by atoms with Crippen LogP contribution in [0.4, 0.5) is 26.3 Å². The van der Waals surface area contributed by atoms with E-state index in [1.54, 1.807) is 0 Å². The average Bonchev–Trinajstić information content (AvgIpc) is 2.23. The molecule has 0 unspecified atom stereocenters. The number of ether oxygens (including phenoxy) is 1. The van der Waals surface area contributed by atoms with Crippen molar-refractivity contribution in [1.29, 1.82) is 0 Å². The van der Waals surface area contributed by atoms with Gasteiger partial charge in [-0.1, -0.05) is 0 Å². The van der Waals surface area contributed by atoms with Crippen LogP contribution in [-0.4, -0.2) is 33.5 Å². The molecule has 1 rings (SSSR count). The summed E-state index contributed by atoms with van der Waals surface area (Å²) in [6.45, 7) is -0.546. The van der Waals surface area contributed by atoms with Crippen LogP contribution < -0.4 is 4.74 Å². The Bertz CT molecular complexity index is 374. The van der Waals surface area contributed by atoms with Crippen LogP contribution in [0.15, 0.2) is 12.4 Å². The maximum Gasteiger partial charge on any atom is 0.434 e. The summed E-state index contributed by atoms with van der Waals surface area (Å²) >= 11 is 0. The van der Waals surface area contributed by atoms with Crippen LogP contribution in [0.2, 0.25) is 0 Å². The Morgan fingerprint density at radius 3 is 1.94 bits per heavy atom. The first-order valence-corrected chi connectivity index (χ1v) is 4.36. The fourth-order valence-corrected chi connectivity index (χ4v) is 0.925. The third-order valence-corrected chi connectivity index (χ3v) is 1.68. The number of hydrogen-bond acceptors (Lipinski definition) is 4. The van der Waals surface area contributed by atoms with Crippen molar-refractivity contribution in [2.75, 3.05) is 0 Å². The summed E-state index contributed by atoms with van der Waals surface area (Å²) < 4.78 is 76.4. The molecule has 1 N–H and O–H groups in total. The van der Waals surface area contributed by atoms with Gasteiger partial charge in [0.1, 0.15) is 0 Å². The fourth-order valence-electron chi connectivity index (χ4n) is 0.925. The highest BCUT2D eigenvalue weighted by molar-refractivity contribution is 5.07. The minimum absolute atomic E-state index is 0.0158. The van der Waals surface area contributed by atoms with Crippen molar-refractivity contribution >= 4 is 0 Å². The topological polar surface area (TPSA) is 55.2 Å². The monoisotopic (exact) mass is 276 g/mol. The molecule has 0 aliphatic heterocycles. The van der Waals surface area contributed by atoms with Gasteiger partial charge in [0.25, 0.3) is 6.10 Å². The number of alkyl halides is 6. The number of rotatable bonds is 3. The SMILES string of the molecule is OCc1cnc(OC(C(F)(F)F)C(F)(F)F)cn1. The summed E-state index contributed by atoms with van der Waals surface area (Å²) in [6.07, 6.45) is -13.8. The summed E-state index contributed by atoms with van der Waals surface area (Å²) in [5, 5.41) is 8.57. The molecule has 0 atom stereocenters. The minimum Gasteiger partial charge on any atom is -0.454 e. The summed E-state index contributed by atoms with van der Waals surface area (Å²) in [4.78, 5) is 6.51. The van der Waals surface area contributed by atoms with E-state index in [1.807, 2.05) is 0 Å². The Hall–Kier alpha value is -1.58. The Labute approximate surface area is 96.2 Å². The lowest BCUT2D eigenvalue weighted by Crippen LogP contribution is -2.46. The lowest BCUT2D eigenvalue weighted by Gasteiger charge is -2.22. The number of nitrogens with zero attached hydrogens (tertiary/aromatic N) is 2. The van der Waals surface area contributed by atoms with Gasteiger partial charge in [-0.15, -0.1) is 0 Å². The number of aliphatic hydroxyl groups is 1. The number of halogens is 6. The molecule has 18 heavy (non-hydrogen) atoms. The first kappa shape index (κ1) is 14.5. The summed E-state index contributed by atoms with van der Waals surface area (Å²) in [5.74, 6) is -0.938. The smallest absolute Gasteiger partial charge is 0.434 e. The Morgan fingerprint density at radius 1 is 1.06 bits per heavy atom. The quantitative estimate of drug-likeness (QED) is 0.856. The first-order valence-electron chi connectivity index (χ1n) is 4.36. The zero-order chi connectivity index (χ0) is 14.0. The zero-order valence-corrected chi connectivity index (χ0v) is 8.46. The van der Waals surface area contributed by atoms with Crippen molar-refractivity contribution in [3.8, 4) is 5.88 Å². The van der Waals surface area contributed by atoms with E-state index in [-0.39, 0.29) is 5.69 Å². The standard InChI is InChI=1S/C8H6F6N2O2/c9-7(10,11)6(8(12,13)14)18-5-2-15-4(3-17)1-16-5/h1-2,6,17H,3H2. The second-order valence-electron chi connectivity index (χ2n) is 3.09. The molecule has 0 aliphatic carbocycles. The van der Waals surface area contributed by atoms with E-state index in [1.165, 1.54) is 0 Å². The first-order chi connectivity index (χ1) is 8.14. The molecule has 0 saturated heterocycles. The second kappa shape index (κ2) is 4.96. The molecule has 0 spiro atoms. The lowest BCUT2D eigenvalue weighted by atomic mass is 10.3. The van der Waals surface area contributed by atoms with Gasteiger partial charge < -0.3 is 9.84 Å². The van der Waals surface area contributed by atoms with E-state index in [9.17, 15) is 26.3 Å². The molecule has 0 saturated carbocycles. The molecular formula is C8H6F6N2O2. The van der Waals surface area contributed by atoms with Gasteiger partial charge in [0.15, 0.2) is 0 Å². The zero-order valence-electron chi connectivity index (χ0n) is 8.46. The Balaban J connectivity index is 2.90. The highest BCUT2D eigenvalue weighted by Gasteiger charge is 2.59. The van der Waals surface area contributed by atoms with Crippen LogP contribution >= 0.6 is 0 Å². The van der Waals surface area contributed by atoms with Crippen molar-refractivity contribution in [3.63, 3.8) is 0 Å². The van der Waals surface area contributed by atoms with Crippen LogP contribution in [-0.2, 0) is 6.61 Å². The van der Waals surface area contributed by atoms with E-state index >= 15 is 0 Å². The molecule has 0 fully saturated rings. The van der Waals surface area contributed by atoms with Crippen LogP contribution in [0.25, 0.3) is 0 Å². The second-order valence-corrected chi connectivity index (χ2v) is 3.09. The predicted molar refractivity (Wildman–Crippen MR) is 44.5 cm³/mol. The van der Waals surface area contributed by atoms with Crippen LogP contribution in [0.5, 0.6) is 5.88 Å². The molecule has 4 nitrogen and oxygen atoms in total. The molecule has 0 amide bonds. The van der Waals surface area contributed by atoms with Crippen LogP contribution in [0, 0.1) is 0 Å². The average molecular weight is 276 g/mol. The normalized spacial score (nSPS) is 12.9. The van der Waals surface area contributed by atoms with Gasteiger partial charge in [0.2, 0.25) is 5.88 Å². The van der Waals surface area contributed by atoms with Crippen molar-refractivity contribution in [1.82, 2.24) is 9.97 Å². The van der Waals surface area contributed by atoms with E-state index in [0.29, 0.717) is 6.20 Å². The maximum absolute atomic E-state index is 12.1. The van der Waals surface area contributed by atoms with Crippen molar-refractivity contribution < 1.29 is 36.2 Å². The van der Waals surface area contributed by atoms with Crippen molar-refractivity contribution in [2.45, 2.75) is 25.1 Å². The Kier molecular flexibility index (Phi) is 3.99. The van der Waals surface area contributed by atoms with Gasteiger partial charge >= 0.3 is 12.4 Å². The summed E-state index contributed by atoms with van der Waals surface area (Å²) in [5.41, 5.74) is -0.0158. The molecule has 0 aromatic carbocycles. The third kappa shape index (κ3) is 3.72. The predicted octanol–water partition coefficient (Wildman–Crippen LogP) is 1.84. The highest BCUT2D eigenvalue weighted by Crippen LogP contribution is 2.35. The van der Waals surface area contributed by atoms with Gasteiger partial charge in [-0.05, 0) is 0 Å². The van der Waals surface area contributed by atoms with Gasteiger partial charge in [0.05, 0.1) is 24.7 Å². The lowest BCUT2D eigenvalue weighted by molar-refractivity contribution is -0.300. The van der Waals surface area contributed by atoms with Crippen molar-refractivity contribution in [3.05, 3.63) is 18.1 Å². The molecule has 10 heteroatoms. The van der Waals surface area contributed by atoms with Gasteiger partial charge in [-0.25, -0.2) is 4.98 Å². The van der Waals surface area contributed by atoms with E-state index < -0.39 is 30.9 Å². The summed E-state index contributed by atoms with van der Waals surface area (Å²) in [7, 11) is 0. The maximum atomic E-state index is 12.1. The molecule has 1 aromatic heterocycles. The third-order valence-electron chi connectivity index (χ3n) is 1.68. The van der Waals surface area contributed by atoms with E-state index in [0.717, 1.165) is 6.20 Å². The molecule has 0 bridgehead atoms. The molecule has 0 radical (unpaired) electrons. The molecule has 1 heterocycles. The summed E-state index contributed by atoms with van der Waals surface area (Å²) in [6, 6.07) is 0. The molecular weight excluding hydrogens is 270 g/mol. The van der Waals surface area contributed by atoms with E-state index in [4.69, 9.17) is 5.11 Å². The Morgan fingerprint density at radius 2 is 1.61 bits per heavy atom. The minimum atomic E-state index is -5.62. The van der Waals surface area contributed by atoms with Gasteiger partial charge in [-0.2, -0.15) is 26.3 Å². The van der Waals surface area contributed by atoms with E-state index in [2.05, 4.69) is 14.7 Å². The molecule has 0 aliphatic rings. The molecule has 102 valence electrons. The van der Waals surface area contributed by atoms with Crippen LogP contribution in [0.1, 0.15) is 5.69 Å². The van der Waals surface area contributed by atoms with Gasteiger partial charge in [-0.3, -0.25) is 4.98 Å². The number of aliphatic hydroxyl groups excluding tert-OH is 1.